The molecular formula is C32H34N6O3S. The lowest BCUT2D eigenvalue weighted by atomic mass is 10.0. The quantitative estimate of drug-likeness (QED) is 0.235. The molecule has 2 aromatic carbocycles. The van der Waals surface area contributed by atoms with Crippen LogP contribution in [-0.4, -0.2) is 53.1 Å². The van der Waals surface area contributed by atoms with E-state index in [2.05, 4.69) is 15.1 Å². The van der Waals surface area contributed by atoms with Crippen molar-refractivity contribution in [3.8, 4) is 11.5 Å². The maximum atomic E-state index is 13.9. The summed E-state index contributed by atoms with van der Waals surface area (Å²) in [5.41, 5.74) is 1.95. The molecule has 0 bridgehead atoms. The second kappa shape index (κ2) is 12.3. The van der Waals surface area contributed by atoms with Crippen molar-refractivity contribution >= 4 is 52.7 Å². The number of carbonyl (C=O) groups excluding carboxylic acids is 2. The molecule has 6 rings (SSSR count). The van der Waals surface area contributed by atoms with Gasteiger partial charge in [-0.1, -0.05) is 18.2 Å². The van der Waals surface area contributed by atoms with E-state index in [1.54, 1.807) is 30.3 Å². The van der Waals surface area contributed by atoms with E-state index in [1.807, 2.05) is 37.3 Å². The predicted molar refractivity (Wildman–Crippen MR) is 168 cm³/mol. The Hall–Kier alpha value is -4.31. The average Bonchev–Trinajstić information content (AvgIpc) is 3.02. The van der Waals surface area contributed by atoms with E-state index < -0.39 is 11.8 Å². The Morgan fingerprint density at radius 1 is 0.810 bits per heavy atom. The monoisotopic (exact) mass is 582 g/mol. The second-order valence-electron chi connectivity index (χ2n) is 10.8. The van der Waals surface area contributed by atoms with Crippen LogP contribution in [0.1, 0.15) is 49.8 Å². The molecule has 3 aliphatic heterocycles. The first kappa shape index (κ1) is 27.8. The van der Waals surface area contributed by atoms with Crippen molar-refractivity contribution in [1.82, 2.24) is 15.3 Å². The van der Waals surface area contributed by atoms with Crippen LogP contribution in [0.15, 0.2) is 60.2 Å². The average molecular weight is 583 g/mol. The number of rotatable bonds is 6. The first-order chi connectivity index (χ1) is 20.5. The Bertz CT molecular complexity index is 1510. The highest BCUT2D eigenvalue weighted by molar-refractivity contribution is 7.80. The van der Waals surface area contributed by atoms with Gasteiger partial charge in [-0.2, -0.15) is 4.98 Å². The van der Waals surface area contributed by atoms with E-state index in [4.69, 9.17) is 26.9 Å². The molecule has 0 radical (unpaired) electrons. The van der Waals surface area contributed by atoms with Gasteiger partial charge in [0.25, 0.3) is 11.8 Å². The Morgan fingerprint density at radius 3 is 2.10 bits per heavy atom. The zero-order valence-corrected chi connectivity index (χ0v) is 24.5. The van der Waals surface area contributed by atoms with Gasteiger partial charge in [0.05, 0.1) is 11.4 Å². The molecule has 42 heavy (non-hydrogen) atoms. The molecule has 2 amide bonds. The van der Waals surface area contributed by atoms with E-state index in [-0.39, 0.29) is 10.7 Å². The number of ether oxygens (including phenoxy) is 1. The lowest BCUT2D eigenvalue weighted by molar-refractivity contribution is -0.122. The number of aryl methyl sites for hydroxylation is 1. The van der Waals surface area contributed by atoms with Gasteiger partial charge in [0.15, 0.2) is 5.11 Å². The highest BCUT2D eigenvalue weighted by Crippen LogP contribution is 2.32. The van der Waals surface area contributed by atoms with E-state index in [0.29, 0.717) is 22.7 Å². The Balaban J connectivity index is 1.33. The number of anilines is 3. The largest absolute Gasteiger partial charge is 0.457 e. The maximum Gasteiger partial charge on any atom is 0.270 e. The summed E-state index contributed by atoms with van der Waals surface area (Å²) < 4.78 is 5.89. The number of hydrogen-bond acceptors (Lipinski definition) is 8. The van der Waals surface area contributed by atoms with Crippen molar-refractivity contribution in [2.24, 2.45) is 0 Å². The minimum Gasteiger partial charge on any atom is -0.457 e. The first-order valence-corrected chi connectivity index (χ1v) is 15.0. The number of para-hydroxylation sites is 1. The number of amides is 2. The van der Waals surface area contributed by atoms with Crippen LogP contribution < -0.4 is 24.8 Å². The van der Waals surface area contributed by atoms with E-state index in [9.17, 15) is 9.59 Å². The van der Waals surface area contributed by atoms with Gasteiger partial charge in [-0.3, -0.25) is 19.8 Å². The molecule has 0 unspecified atom stereocenters. The third-order valence-corrected chi connectivity index (χ3v) is 8.15. The number of carbonyl (C=O) groups is 2. The number of hydrogen-bond donors (Lipinski definition) is 1. The smallest absolute Gasteiger partial charge is 0.270 e. The third-order valence-electron chi connectivity index (χ3n) is 7.86. The Morgan fingerprint density at radius 2 is 1.43 bits per heavy atom. The molecule has 0 aliphatic carbocycles. The van der Waals surface area contributed by atoms with Crippen molar-refractivity contribution in [2.45, 2.75) is 45.4 Å². The second-order valence-corrected chi connectivity index (χ2v) is 11.2. The first-order valence-electron chi connectivity index (χ1n) is 14.6. The molecule has 3 aliphatic rings. The molecule has 3 saturated heterocycles. The highest BCUT2D eigenvalue weighted by atomic mass is 32.1. The van der Waals surface area contributed by atoms with Crippen molar-refractivity contribution in [3.63, 3.8) is 0 Å². The van der Waals surface area contributed by atoms with Gasteiger partial charge in [-0.25, -0.2) is 4.98 Å². The van der Waals surface area contributed by atoms with E-state index in [0.717, 1.165) is 69.3 Å². The summed E-state index contributed by atoms with van der Waals surface area (Å²) in [5, 5.41) is 2.73. The fourth-order valence-corrected chi connectivity index (χ4v) is 5.91. The highest BCUT2D eigenvalue weighted by Gasteiger charge is 2.35. The van der Waals surface area contributed by atoms with Crippen LogP contribution in [0.5, 0.6) is 11.5 Å². The molecule has 0 saturated carbocycles. The van der Waals surface area contributed by atoms with Crippen molar-refractivity contribution in [1.29, 1.82) is 0 Å². The fourth-order valence-electron chi connectivity index (χ4n) is 5.63. The summed E-state index contributed by atoms with van der Waals surface area (Å²) in [5.74, 6) is 1.79. The molecule has 4 heterocycles. The number of nitrogens with one attached hydrogen (secondary N) is 1. The van der Waals surface area contributed by atoms with Gasteiger partial charge in [-0.15, -0.1) is 0 Å². The number of piperidine rings is 2. The summed E-state index contributed by atoms with van der Waals surface area (Å²) in [7, 11) is 0. The normalized spacial score (nSPS) is 18.8. The summed E-state index contributed by atoms with van der Waals surface area (Å²) in [6.45, 7) is 5.54. The van der Waals surface area contributed by atoms with Crippen LogP contribution in [0, 0.1) is 6.92 Å². The third kappa shape index (κ3) is 5.85. The zero-order valence-electron chi connectivity index (χ0n) is 23.7. The molecule has 0 atom stereocenters. The van der Waals surface area contributed by atoms with Gasteiger partial charge in [0.1, 0.15) is 22.9 Å². The summed E-state index contributed by atoms with van der Waals surface area (Å²) in [6.07, 6.45) is 8.43. The Labute approximate surface area is 251 Å². The molecule has 9 nitrogen and oxygen atoms in total. The maximum absolute atomic E-state index is 13.9. The van der Waals surface area contributed by atoms with E-state index in [1.165, 1.54) is 17.7 Å². The molecule has 3 aromatic rings. The minimum absolute atomic E-state index is 0.0103. The molecule has 216 valence electrons. The van der Waals surface area contributed by atoms with E-state index >= 15 is 0 Å². The standard InChI is InChI=1S/C32H34N6O3S/c1-22-26(28(36-17-7-3-8-18-36)34-31(33-22)37-19-9-4-10-20-37)21-27-29(39)35-32(42)38(30(27)40)23-13-15-25(16-14-23)41-24-11-5-2-6-12-24/h2,5-6,11-16,21H,3-4,7-10,17-20H2,1H3,(H,35,39,42)/b27-21+. The topological polar surface area (TPSA) is 90.9 Å². The van der Waals surface area contributed by atoms with Gasteiger partial charge in [0, 0.05) is 31.7 Å². The molecule has 1 N–H and O–H groups in total. The van der Waals surface area contributed by atoms with Crippen molar-refractivity contribution in [2.75, 3.05) is 40.9 Å². The lowest BCUT2D eigenvalue weighted by Crippen LogP contribution is -2.54. The summed E-state index contributed by atoms with van der Waals surface area (Å²) in [6, 6.07) is 16.5. The van der Waals surface area contributed by atoms with Crippen molar-refractivity contribution in [3.05, 3.63) is 71.4 Å². The van der Waals surface area contributed by atoms with Gasteiger partial charge in [-0.05, 0) is 100 Å². The fraction of sp³-hybridized carbons (Fsp3) is 0.344. The Kier molecular flexibility index (Phi) is 8.14. The van der Waals surface area contributed by atoms with Crippen LogP contribution in [0.3, 0.4) is 0 Å². The molecule has 0 spiro atoms. The number of thiocarbonyl (C=S) groups is 1. The zero-order chi connectivity index (χ0) is 29.1. The van der Waals surface area contributed by atoms with Crippen LogP contribution in [-0.2, 0) is 9.59 Å². The molecule has 1 aromatic heterocycles. The molecule has 3 fully saturated rings. The number of benzene rings is 2. The number of nitrogens with zero attached hydrogens (tertiary/aromatic N) is 5. The summed E-state index contributed by atoms with van der Waals surface area (Å²) in [4.78, 5) is 42.8. The summed E-state index contributed by atoms with van der Waals surface area (Å²) >= 11 is 5.44. The number of aromatic nitrogens is 2. The minimum atomic E-state index is -0.533. The SMILES string of the molecule is Cc1nc(N2CCCCC2)nc(N2CCCCC2)c1/C=C1\C(=O)NC(=S)N(c2ccc(Oc3ccccc3)cc2)C1=O. The van der Waals surface area contributed by atoms with Gasteiger partial charge < -0.3 is 14.5 Å². The van der Waals surface area contributed by atoms with Crippen LogP contribution >= 0.6 is 12.2 Å². The van der Waals surface area contributed by atoms with Gasteiger partial charge in [0.2, 0.25) is 5.95 Å². The van der Waals surface area contributed by atoms with Crippen LogP contribution in [0.25, 0.3) is 6.08 Å². The molecule has 10 heteroatoms. The van der Waals surface area contributed by atoms with Crippen LogP contribution in [0.4, 0.5) is 17.5 Å². The van der Waals surface area contributed by atoms with Crippen molar-refractivity contribution < 1.29 is 14.3 Å². The molecular weight excluding hydrogens is 548 g/mol. The van der Waals surface area contributed by atoms with Crippen LogP contribution in [0.2, 0.25) is 0 Å². The predicted octanol–water partition coefficient (Wildman–Crippen LogP) is 5.39. The lowest BCUT2D eigenvalue weighted by Gasteiger charge is -2.33. The van der Waals surface area contributed by atoms with Gasteiger partial charge >= 0.3 is 0 Å².